The van der Waals surface area contributed by atoms with Crippen LogP contribution in [0.1, 0.15) is 61.3 Å². The molecule has 1 radical (unpaired) electrons. The summed E-state index contributed by atoms with van der Waals surface area (Å²) in [6.07, 6.45) is 4.80. The van der Waals surface area contributed by atoms with E-state index in [4.69, 9.17) is 5.11 Å². The number of hydrogen-bond donors (Lipinski definition) is 1. The number of aliphatic hydroxyl groups excluding tert-OH is 1. The Morgan fingerprint density at radius 2 is 0.848 bits per heavy atom. The van der Waals surface area contributed by atoms with Gasteiger partial charge >= 0.3 is 26.2 Å². The van der Waals surface area contributed by atoms with Crippen molar-refractivity contribution in [2.45, 2.75) is 61.3 Å². The number of aliphatic hydroxyl groups is 1. The molecular weight excluding hydrogens is 515 g/mol. The van der Waals surface area contributed by atoms with Crippen LogP contribution in [0.4, 0.5) is 0 Å². The van der Waals surface area contributed by atoms with Crippen molar-refractivity contribution in [3.8, 4) is 0 Å². The van der Waals surface area contributed by atoms with Crippen molar-refractivity contribution in [3.05, 3.63) is 19.3 Å². The summed E-state index contributed by atoms with van der Waals surface area (Å²) < 4.78 is 13.3. The number of hydrogen-bond acceptors (Lipinski definition) is 10. The number of carbonyl (C=O) groups excluding carboxylic acids is 6. The molecule has 0 atom stereocenters. The minimum atomic E-state index is -0.565. The van der Waals surface area contributed by atoms with Crippen LogP contribution in [0.5, 0.6) is 0 Å². The van der Waals surface area contributed by atoms with E-state index in [1.165, 1.54) is 20.8 Å². The molecular formula is C22H37O10Zr. The first-order chi connectivity index (χ1) is 14.9. The minimum Gasteiger partial charge on any atom is -0.488 e. The van der Waals surface area contributed by atoms with E-state index < -0.39 is 17.9 Å². The fraction of sp³-hybridized carbons (Fsp3) is 0.591. The van der Waals surface area contributed by atoms with Gasteiger partial charge in [-0.2, -0.15) is 0 Å². The molecule has 0 saturated carbocycles. The van der Waals surface area contributed by atoms with Gasteiger partial charge in [-0.3, -0.25) is 14.4 Å². The maximum Gasteiger partial charge on any atom is 3.00 e. The molecule has 33 heavy (non-hydrogen) atoms. The van der Waals surface area contributed by atoms with Crippen LogP contribution >= 0.6 is 0 Å². The Labute approximate surface area is 216 Å². The monoisotopic (exact) mass is 551 g/mol. The smallest absolute Gasteiger partial charge is 0.488 e. The second-order valence-corrected chi connectivity index (χ2v) is 5.60. The van der Waals surface area contributed by atoms with Crippen LogP contribution in [0.25, 0.3) is 0 Å². The molecule has 0 bridgehead atoms. The molecule has 0 fully saturated rings. The Morgan fingerprint density at radius 3 is 0.939 bits per heavy atom. The molecule has 0 amide bonds. The van der Waals surface area contributed by atoms with Crippen molar-refractivity contribution >= 4 is 35.3 Å². The van der Waals surface area contributed by atoms with Gasteiger partial charge in [-0.05, 0) is 48.0 Å². The molecule has 189 valence electrons. The fourth-order valence-corrected chi connectivity index (χ4v) is 1.21. The summed E-state index contributed by atoms with van der Waals surface area (Å²) in [5.74, 6) is -2.55. The zero-order chi connectivity index (χ0) is 25.9. The first-order valence-electron chi connectivity index (χ1n) is 10.1. The van der Waals surface area contributed by atoms with Crippen LogP contribution in [0.3, 0.4) is 0 Å². The van der Waals surface area contributed by atoms with Crippen LogP contribution in [0.2, 0.25) is 0 Å². The number of unbranched alkanes of at least 4 members (excludes halogenated alkanes) is 1. The van der Waals surface area contributed by atoms with E-state index in [0.717, 1.165) is 32.1 Å². The van der Waals surface area contributed by atoms with Gasteiger partial charge in [0.05, 0.1) is 19.8 Å². The zero-order valence-corrected chi connectivity index (χ0v) is 23.1. The van der Waals surface area contributed by atoms with E-state index >= 15 is 0 Å². The molecule has 0 aliphatic carbocycles. The third kappa shape index (κ3) is 53.3. The predicted octanol–water partition coefficient (Wildman–Crippen LogP) is 1.80. The molecule has 0 spiro atoms. The average Bonchev–Trinajstić information content (AvgIpc) is 2.62. The zero-order valence-electron chi connectivity index (χ0n) is 20.6. The molecule has 0 heterocycles. The predicted molar refractivity (Wildman–Crippen MR) is 117 cm³/mol. The summed E-state index contributed by atoms with van der Waals surface area (Å²) >= 11 is 0. The molecule has 0 aromatic carbocycles. The maximum absolute atomic E-state index is 10.4. The Morgan fingerprint density at radius 1 is 0.606 bits per heavy atom. The van der Waals surface area contributed by atoms with E-state index in [1.807, 2.05) is 0 Å². The molecule has 0 aromatic rings. The van der Waals surface area contributed by atoms with Crippen LogP contribution in [-0.4, -0.2) is 66.8 Å². The van der Waals surface area contributed by atoms with Gasteiger partial charge in [0.25, 0.3) is 0 Å². The Kier molecular flexibility index (Phi) is 40.0. The molecule has 0 aliphatic rings. The summed E-state index contributed by atoms with van der Waals surface area (Å²) in [4.78, 5) is 61.6. The Hall–Kier alpha value is -2.13. The summed E-state index contributed by atoms with van der Waals surface area (Å²) in [6.45, 7) is 12.3. The number of carbonyl (C=O) groups is 6. The van der Waals surface area contributed by atoms with Crippen LogP contribution in [-0.2, 0) is 69.2 Å². The summed E-state index contributed by atoms with van der Waals surface area (Å²) in [6, 6.07) is 0. The first-order valence-corrected chi connectivity index (χ1v) is 10.1. The number of esters is 3. The number of ketones is 3. The molecule has 0 rings (SSSR count). The van der Waals surface area contributed by atoms with E-state index in [9.17, 15) is 28.8 Å². The second-order valence-electron chi connectivity index (χ2n) is 5.60. The third-order valence-electron chi connectivity index (χ3n) is 2.33. The van der Waals surface area contributed by atoms with Gasteiger partial charge in [-0.1, -0.05) is 13.3 Å². The van der Waals surface area contributed by atoms with Crippen molar-refractivity contribution in [3.63, 3.8) is 0 Å². The largest absolute Gasteiger partial charge is 3.00 e. The molecule has 10 nitrogen and oxygen atoms in total. The summed E-state index contributed by atoms with van der Waals surface area (Å²) in [5.41, 5.74) is 0. The van der Waals surface area contributed by atoms with E-state index in [-0.39, 0.29) is 43.6 Å². The molecule has 11 heteroatoms. The topological polar surface area (TPSA) is 150 Å². The molecule has 1 N–H and O–H groups in total. The molecule has 0 aromatic heterocycles. The van der Waals surface area contributed by atoms with Crippen molar-refractivity contribution in [1.29, 1.82) is 0 Å². The van der Waals surface area contributed by atoms with Crippen molar-refractivity contribution in [2.24, 2.45) is 0 Å². The van der Waals surface area contributed by atoms with Gasteiger partial charge < -0.3 is 33.7 Å². The average molecular weight is 553 g/mol. The minimum absolute atomic E-state index is 0. The van der Waals surface area contributed by atoms with Crippen LogP contribution in [0.15, 0.2) is 0 Å². The van der Waals surface area contributed by atoms with Gasteiger partial charge in [-0.25, -0.2) is 19.3 Å². The van der Waals surface area contributed by atoms with Gasteiger partial charge in [0.15, 0.2) is 17.9 Å². The SMILES string of the molecule is CCCCO.CCOC(=O)[CH-]C(C)=O.CCOC(=O)[CH-]C(C)=O.CCOC(=O)[CH-]C(C)=O.[Zr+3]. The van der Waals surface area contributed by atoms with Gasteiger partial charge in [0.1, 0.15) is 0 Å². The maximum atomic E-state index is 10.4. The molecule has 0 aliphatic heterocycles. The quantitative estimate of drug-likeness (QED) is 0.174. The van der Waals surface area contributed by atoms with Crippen molar-refractivity contribution in [2.75, 3.05) is 26.4 Å². The Bertz CT molecular complexity index is 474. The summed E-state index contributed by atoms with van der Waals surface area (Å²) in [7, 11) is 0. The standard InChI is InChI=1S/3C6H9O3.C4H10O.Zr/c3*1-3-9-6(8)4-5(2)7;1-2-3-4-5;/h3*4H,3H2,1-2H3;5H,2-4H2,1H3;/q3*-1;;+3. The second kappa shape index (κ2) is 32.1. The van der Waals surface area contributed by atoms with Gasteiger partial charge in [0, 0.05) is 24.0 Å². The van der Waals surface area contributed by atoms with E-state index in [2.05, 4.69) is 21.1 Å². The normalized spacial score (nSPS) is 8.00. The third-order valence-corrected chi connectivity index (χ3v) is 2.33. The molecule has 0 unspecified atom stereocenters. The van der Waals surface area contributed by atoms with E-state index in [0.29, 0.717) is 26.4 Å². The van der Waals surface area contributed by atoms with Crippen molar-refractivity contribution < 1.29 is 74.3 Å². The van der Waals surface area contributed by atoms with E-state index in [1.54, 1.807) is 20.8 Å². The van der Waals surface area contributed by atoms with Crippen LogP contribution < -0.4 is 0 Å². The summed E-state index contributed by atoms with van der Waals surface area (Å²) in [5, 5.41) is 8.07. The van der Waals surface area contributed by atoms with Crippen molar-refractivity contribution in [1.82, 2.24) is 0 Å². The first kappa shape index (κ1) is 41.2. The van der Waals surface area contributed by atoms with Gasteiger partial charge in [0.2, 0.25) is 0 Å². The fourth-order valence-electron chi connectivity index (χ4n) is 1.21. The van der Waals surface area contributed by atoms with Crippen LogP contribution in [0, 0.1) is 19.3 Å². The Balaban J connectivity index is -0.000000107. The molecule has 0 saturated heterocycles. The van der Waals surface area contributed by atoms with Gasteiger partial charge in [-0.15, -0.1) is 0 Å². The number of rotatable bonds is 11. The number of ether oxygens (including phenoxy) is 3. The number of Topliss-reactive ketones (excluding diaryl/α,β-unsaturated/α-hetero) is 3.